The molecule has 98 valence electrons. The van der Waals surface area contributed by atoms with Gasteiger partial charge in [-0.2, -0.15) is 0 Å². The van der Waals surface area contributed by atoms with Gasteiger partial charge in [-0.1, -0.05) is 18.9 Å². The monoisotopic (exact) mass is 312 g/mol. The van der Waals surface area contributed by atoms with Crippen molar-refractivity contribution in [3.63, 3.8) is 0 Å². The van der Waals surface area contributed by atoms with E-state index in [1.165, 1.54) is 12.8 Å². The van der Waals surface area contributed by atoms with Gasteiger partial charge in [-0.3, -0.25) is 0 Å². The normalized spacial score (nSPS) is 17.2. The summed E-state index contributed by atoms with van der Waals surface area (Å²) in [5.74, 6) is -0.475. The SMILES string of the molecule is O=C(O)c1cccc(Br)c1OC1CCCCCC1. The van der Waals surface area contributed by atoms with Crippen LogP contribution in [-0.4, -0.2) is 17.2 Å². The number of halogens is 1. The van der Waals surface area contributed by atoms with Crippen molar-refractivity contribution in [3.05, 3.63) is 28.2 Å². The number of rotatable bonds is 3. The van der Waals surface area contributed by atoms with Gasteiger partial charge in [-0.15, -0.1) is 0 Å². The molecule has 0 aliphatic heterocycles. The van der Waals surface area contributed by atoms with E-state index >= 15 is 0 Å². The van der Waals surface area contributed by atoms with Crippen molar-refractivity contribution in [2.24, 2.45) is 0 Å². The zero-order chi connectivity index (χ0) is 13.0. The second kappa shape index (κ2) is 6.23. The maximum Gasteiger partial charge on any atom is 0.339 e. The quantitative estimate of drug-likeness (QED) is 0.849. The van der Waals surface area contributed by atoms with Crippen molar-refractivity contribution >= 4 is 21.9 Å². The second-order valence-electron chi connectivity index (χ2n) is 4.65. The lowest BCUT2D eigenvalue weighted by molar-refractivity contribution is 0.0687. The highest BCUT2D eigenvalue weighted by Gasteiger charge is 2.19. The van der Waals surface area contributed by atoms with Gasteiger partial charge in [0, 0.05) is 0 Å². The fourth-order valence-electron chi connectivity index (χ4n) is 2.32. The van der Waals surface area contributed by atoms with Crippen molar-refractivity contribution in [2.75, 3.05) is 0 Å². The first-order valence-corrected chi connectivity index (χ1v) is 7.16. The van der Waals surface area contributed by atoms with Crippen LogP contribution in [0.4, 0.5) is 0 Å². The first-order chi connectivity index (χ1) is 8.68. The smallest absolute Gasteiger partial charge is 0.339 e. The molecule has 1 aliphatic carbocycles. The lowest BCUT2D eigenvalue weighted by Crippen LogP contribution is -2.17. The third kappa shape index (κ3) is 3.25. The topological polar surface area (TPSA) is 46.5 Å². The molecule has 1 aromatic carbocycles. The minimum absolute atomic E-state index is 0.143. The number of carbonyl (C=O) groups is 1. The van der Waals surface area contributed by atoms with E-state index in [0.717, 1.165) is 25.7 Å². The standard InChI is InChI=1S/C14H17BrO3/c15-12-9-5-8-11(14(16)17)13(12)18-10-6-3-1-2-4-7-10/h5,8-10H,1-4,6-7H2,(H,16,17). The van der Waals surface area contributed by atoms with E-state index in [0.29, 0.717) is 10.2 Å². The summed E-state index contributed by atoms with van der Waals surface area (Å²) in [6, 6.07) is 5.12. The van der Waals surface area contributed by atoms with Crippen molar-refractivity contribution in [1.82, 2.24) is 0 Å². The lowest BCUT2D eigenvalue weighted by atomic mass is 10.1. The van der Waals surface area contributed by atoms with Crippen LogP contribution in [0, 0.1) is 0 Å². The molecule has 0 radical (unpaired) electrons. The molecule has 3 nitrogen and oxygen atoms in total. The summed E-state index contributed by atoms with van der Waals surface area (Å²) in [5, 5.41) is 9.17. The third-order valence-corrected chi connectivity index (χ3v) is 3.91. The average molecular weight is 313 g/mol. The molecule has 1 saturated carbocycles. The second-order valence-corrected chi connectivity index (χ2v) is 5.51. The molecule has 1 aliphatic rings. The summed E-state index contributed by atoms with van der Waals surface area (Å²) in [5.41, 5.74) is 0.230. The minimum Gasteiger partial charge on any atom is -0.488 e. The number of carboxylic acids is 1. The third-order valence-electron chi connectivity index (χ3n) is 3.28. The molecular formula is C14H17BrO3. The Kier molecular flexibility index (Phi) is 4.64. The molecule has 0 amide bonds. The summed E-state index contributed by atoms with van der Waals surface area (Å²) in [7, 11) is 0. The molecule has 0 saturated heterocycles. The van der Waals surface area contributed by atoms with E-state index < -0.39 is 5.97 Å². The Morgan fingerprint density at radius 1 is 1.22 bits per heavy atom. The van der Waals surface area contributed by atoms with Crippen LogP contribution in [0.15, 0.2) is 22.7 Å². The summed E-state index contributed by atoms with van der Waals surface area (Å²) in [6.45, 7) is 0. The van der Waals surface area contributed by atoms with Crippen molar-refractivity contribution in [2.45, 2.75) is 44.6 Å². The minimum atomic E-state index is -0.945. The Labute approximate surface area is 115 Å². The molecule has 1 aromatic rings. The highest BCUT2D eigenvalue weighted by atomic mass is 79.9. The fourth-order valence-corrected chi connectivity index (χ4v) is 2.78. The van der Waals surface area contributed by atoms with Gasteiger partial charge in [-0.05, 0) is 53.7 Å². The van der Waals surface area contributed by atoms with E-state index in [-0.39, 0.29) is 11.7 Å². The Morgan fingerprint density at radius 2 is 1.89 bits per heavy atom. The lowest BCUT2D eigenvalue weighted by Gasteiger charge is -2.19. The number of aromatic carboxylic acids is 1. The van der Waals surface area contributed by atoms with E-state index in [1.54, 1.807) is 12.1 Å². The van der Waals surface area contributed by atoms with Gasteiger partial charge in [0.15, 0.2) is 0 Å². The largest absolute Gasteiger partial charge is 0.488 e. The molecule has 0 bridgehead atoms. The van der Waals surface area contributed by atoms with Crippen molar-refractivity contribution in [3.8, 4) is 5.75 Å². The predicted octanol–water partition coefficient (Wildman–Crippen LogP) is 4.25. The van der Waals surface area contributed by atoms with Gasteiger partial charge in [0.2, 0.25) is 0 Å². The summed E-state index contributed by atoms with van der Waals surface area (Å²) in [4.78, 5) is 11.2. The Balaban J connectivity index is 2.19. The molecule has 2 rings (SSSR count). The molecule has 0 unspecified atom stereocenters. The molecule has 0 spiro atoms. The van der Waals surface area contributed by atoms with Gasteiger partial charge in [0.25, 0.3) is 0 Å². The maximum atomic E-state index is 11.2. The Bertz CT molecular complexity index is 423. The van der Waals surface area contributed by atoms with Gasteiger partial charge in [0.1, 0.15) is 11.3 Å². The number of para-hydroxylation sites is 1. The van der Waals surface area contributed by atoms with Crippen LogP contribution in [0.3, 0.4) is 0 Å². The van der Waals surface area contributed by atoms with E-state index in [4.69, 9.17) is 4.74 Å². The molecule has 4 heteroatoms. The summed E-state index contributed by atoms with van der Waals surface area (Å²) >= 11 is 3.37. The van der Waals surface area contributed by atoms with Crippen LogP contribution in [0.5, 0.6) is 5.75 Å². The van der Waals surface area contributed by atoms with Gasteiger partial charge >= 0.3 is 5.97 Å². The summed E-state index contributed by atoms with van der Waals surface area (Å²) in [6.07, 6.45) is 7.00. The molecule has 0 heterocycles. The molecule has 0 atom stereocenters. The zero-order valence-electron chi connectivity index (χ0n) is 10.2. The Morgan fingerprint density at radius 3 is 2.50 bits per heavy atom. The maximum absolute atomic E-state index is 11.2. The van der Waals surface area contributed by atoms with Crippen LogP contribution in [0.25, 0.3) is 0 Å². The highest BCUT2D eigenvalue weighted by molar-refractivity contribution is 9.10. The zero-order valence-corrected chi connectivity index (χ0v) is 11.8. The predicted molar refractivity (Wildman–Crippen MR) is 73.2 cm³/mol. The molecule has 18 heavy (non-hydrogen) atoms. The van der Waals surface area contributed by atoms with E-state index in [2.05, 4.69) is 15.9 Å². The van der Waals surface area contributed by atoms with E-state index in [9.17, 15) is 9.90 Å². The van der Waals surface area contributed by atoms with Crippen molar-refractivity contribution in [1.29, 1.82) is 0 Å². The Hall–Kier alpha value is -1.03. The number of hydrogen-bond donors (Lipinski definition) is 1. The van der Waals surface area contributed by atoms with Crippen molar-refractivity contribution < 1.29 is 14.6 Å². The van der Waals surface area contributed by atoms with Crippen LogP contribution in [-0.2, 0) is 0 Å². The average Bonchev–Trinajstić information content (AvgIpc) is 2.60. The molecule has 1 fully saturated rings. The molecule has 0 aromatic heterocycles. The number of benzene rings is 1. The number of hydrogen-bond acceptors (Lipinski definition) is 2. The fraction of sp³-hybridized carbons (Fsp3) is 0.500. The molecular weight excluding hydrogens is 296 g/mol. The van der Waals surface area contributed by atoms with Crippen LogP contribution >= 0.6 is 15.9 Å². The van der Waals surface area contributed by atoms with Crippen LogP contribution in [0.1, 0.15) is 48.9 Å². The summed E-state index contributed by atoms with van der Waals surface area (Å²) < 4.78 is 6.65. The number of ether oxygens (including phenoxy) is 1. The van der Waals surface area contributed by atoms with Crippen LogP contribution < -0.4 is 4.74 Å². The van der Waals surface area contributed by atoms with E-state index in [1.807, 2.05) is 6.07 Å². The van der Waals surface area contributed by atoms with Gasteiger partial charge in [-0.25, -0.2) is 4.79 Å². The van der Waals surface area contributed by atoms with Gasteiger partial charge in [0.05, 0.1) is 10.6 Å². The number of carboxylic acid groups (broad SMARTS) is 1. The highest BCUT2D eigenvalue weighted by Crippen LogP contribution is 2.32. The first-order valence-electron chi connectivity index (χ1n) is 6.37. The van der Waals surface area contributed by atoms with Crippen LogP contribution in [0.2, 0.25) is 0 Å². The molecule has 1 N–H and O–H groups in total. The first kappa shape index (κ1) is 13.4. The van der Waals surface area contributed by atoms with Gasteiger partial charge < -0.3 is 9.84 Å².